The van der Waals surface area contributed by atoms with Crippen LogP contribution in [0.3, 0.4) is 0 Å². The number of aromatic nitrogens is 1. The van der Waals surface area contributed by atoms with Gasteiger partial charge < -0.3 is 15.3 Å². The Balaban J connectivity index is 1.99. The third-order valence-corrected chi connectivity index (χ3v) is 3.30. The number of benzene rings is 1. The maximum atomic E-state index is 11.8. The van der Waals surface area contributed by atoms with Crippen LogP contribution in [0.4, 0.5) is 17.2 Å². The minimum Gasteiger partial charge on any atom is -0.389 e. The first-order valence-corrected chi connectivity index (χ1v) is 6.45. The molecule has 0 aliphatic carbocycles. The number of anilines is 3. The Bertz CT molecular complexity index is 638. The number of para-hydroxylation sites is 2. The Hall–Kier alpha value is -2.40. The normalized spacial score (nSPS) is 15.5. The van der Waals surface area contributed by atoms with E-state index in [4.69, 9.17) is 0 Å². The lowest BCUT2D eigenvalue weighted by molar-refractivity contribution is -0.115. The summed E-state index contributed by atoms with van der Waals surface area (Å²) in [6, 6.07) is 11.3. The minimum absolute atomic E-state index is 0.0647. The number of fused-ring (bicyclic) bond motifs is 1. The van der Waals surface area contributed by atoms with Gasteiger partial charge in [0.1, 0.15) is 12.4 Å². The van der Waals surface area contributed by atoms with Crippen LogP contribution in [0.2, 0.25) is 0 Å². The van der Waals surface area contributed by atoms with Crippen LogP contribution in [0.1, 0.15) is 18.6 Å². The predicted molar refractivity (Wildman–Crippen MR) is 76.9 cm³/mol. The first kappa shape index (κ1) is 12.6. The molecule has 1 aromatic carbocycles. The van der Waals surface area contributed by atoms with E-state index in [0.717, 1.165) is 16.9 Å². The second-order valence-electron chi connectivity index (χ2n) is 4.78. The van der Waals surface area contributed by atoms with Gasteiger partial charge in [0.15, 0.2) is 0 Å². The SMILES string of the molecule is CC(O)c1ccc(N2CC(=O)Nc3ccccc32)nc1. The smallest absolute Gasteiger partial charge is 0.244 e. The van der Waals surface area contributed by atoms with E-state index >= 15 is 0 Å². The van der Waals surface area contributed by atoms with Gasteiger partial charge in [0.05, 0.1) is 17.5 Å². The quantitative estimate of drug-likeness (QED) is 0.877. The molecule has 0 bridgehead atoms. The van der Waals surface area contributed by atoms with Gasteiger partial charge in [-0.2, -0.15) is 0 Å². The van der Waals surface area contributed by atoms with Crippen molar-refractivity contribution in [1.29, 1.82) is 0 Å². The molecule has 1 amide bonds. The van der Waals surface area contributed by atoms with Crippen LogP contribution >= 0.6 is 0 Å². The molecule has 2 aromatic rings. The van der Waals surface area contributed by atoms with Crippen molar-refractivity contribution < 1.29 is 9.90 Å². The molecule has 102 valence electrons. The lowest BCUT2D eigenvalue weighted by Gasteiger charge is -2.30. The topological polar surface area (TPSA) is 65.5 Å². The van der Waals surface area contributed by atoms with Crippen molar-refractivity contribution >= 4 is 23.1 Å². The number of hydrogen-bond acceptors (Lipinski definition) is 4. The highest BCUT2D eigenvalue weighted by molar-refractivity contribution is 6.02. The summed E-state index contributed by atoms with van der Waals surface area (Å²) in [6.45, 7) is 1.93. The van der Waals surface area contributed by atoms with Crippen LogP contribution in [0.15, 0.2) is 42.6 Å². The van der Waals surface area contributed by atoms with Crippen LogP contribution in [0, 0.1) is 0 Å². The minimum atomic E-state index is -0.548. The lowest BCUT2D eigenvalue weighted by atomic mass is 10.1. The summed E-state index contributed by atoms with van der Waals surface area (Å²) in [5.74, 6) is 0.627. The zero-order valence-corrected chi connectivity index (χ0v) is 11.1. The maximum absolute atomic E-state index is 11.8. The van der Waals surface area contributed by atoms with Gasteiger partial charge in [-0.15, -0.1) is 0 Å². The van der Waals surface area contributed by atoms with Gasteiger partial charge >= 0.3 is 0 Å². The van der Waals surface area contributed by atoms with E-state index in [1.54, 1.807) is 13.1 Å². The molecule has 3 rings (SSSR count). The van der Waals surface area contributed by atoms with Gasteiger partial charge in [0.2, 0.25) is 5.91 Å². The molecular formula is C15H15N3O2. The first-order valence-electron chi connectivity index (χ1n) is 6.45. The van der Waals surface area contributed by atoms with Gasteiger partial charge in [0.25, 0.3) is 0 Å². The number of aliphatic hydroxyl groups is 1. The predicted octanol–water partition coefficient (Wildman–Crippen LogP) is 2.23. The number of carbonyl (C=O) groups is 1. The number of pyridine rings is 1. The number of rotatable bonds is 2. The Morgan fingerprint density at radius 1 is 1.30 bits per heavy atom. The maximum Gasteiger partial charge on any atom is 0.244 e. The van der Waals surface area contributed by atoms with Crippen molar-refractivity contribution in [2.75, 3.05) is 16.8 Å². The van der Waals surface area contributed by atoms with Crippen LogP contribution in [0.25, 0.3) is 0 Å². The highest BCUT2D eigenvalue weighted by atomic mass is 16.3. The molecule has 0 saturated heterocycles. The standard InChI is InChI=1S/C15H15N3O2/c1-10(19)11-6-7-14(16-8-11)18-9-15(20)17-12-4-2-3-5-13(12)18/h2-8,10,19H,9H2,1H3,(H,17,20). The number of amides is 1. The van der Waals surface area contributed by atoms with Crippen molar-refractivity contribution in [2.45, 2.75) is 13.0 Å². The Morgan fingerprint density at radius 3 is 2.80 bits per heavy atom. The molecule has 5 heteroatoms. The molecule has 2 N–H and O–H groups in total. The molecule has 1 aromatic heterocycles. The molecule has 5 nitrogen and oxygen atoms in total. The zero-order valence-electron chi connectivity index (χ0n) is 11.1. The van der Waals surface area contributed by atoms with Gasteiger partial charge in [-0.3, -0.25) is 4.79 Å². The van der Waals surface area contributed by atoms with Crippen LogP contribution in [-0.4, -0.2) is 22.5 Å². The molecule has 0 spiro atoms. The molecule has 0 fully saturated rings. The summed E-state index contributed by atoms with van der Waals surface area (Å²) in [5, 5.41) is 12.3. The fourth-order valence-electron chi connectivity index (χ4n) is 2.24. The van der Waals surface area contributed by atoms with Crippen LogP contribution < -0.4 is 10.2 Å². The molecule has 20 heavy (non-hydrogen) atoms. The molecule has 1 aliphatic rings. The van der Waals surface area contributed by atoms with Gasteiger partial charge in [-0.05, 0) is 30.7 Å². The number of aliphatic hydroxyl groups excluding tert-OH is 1. The van der Waals surface area contributed by atoms with Crippen LogP contribution in [0.5, 0.6) is 0 Å². The summed E-state index contributed by atoms with van der Waals surface area (Å²) < 4.78 is 0. The zero-order chi connectivity index (χ0) is 14.1. The highest BCUT2D eigenvalue weighted by Gasteiger charge is 2.23. The van der Waals surface area contributed by atoms with Crippen molar-refractivity contribution in [2.24, 2.45) is 0 Å². The number of hydrogen-bond donors (Lipinski definition) is 2. The Kier molecular flexibility index (Phi) is 3.12. The second-order valence-corrected chi connectivity index (χ2v) is 4.78. The summed E-state index contributed by atoms with van der Waals surface area (Å²) in [4.78, 5) is 18.0. The van der Waals surface area contributed by atoms with Gasteiger partial charge in [0, 0.05) is 6.20 Å². The average Bonchev–Trinajstić information content (AvgIpc) is 2.46. The molecule has 2 heterocycles. The molecule has 1 atom stereocenters. The van der Waals surface area contributed by atoms with Crippen molar-refractivity contribution in [3.63, 3.8) is 0 Å². The number of carbonyl (C=O) groups excluding carboxylic acids is 1. The summed E-state index contributed by atoms with van der Waals surface area (Å²) in [7, 11) is 0. The molecule has 0 saturated carbocycles. The molecule has 1 unspecified atom stereocenters. The van der Waals surface area contributed by atoms with Crippen LogP contribution in [-0.2, 0) is 4.79 Å². The van der Waals surface area contributed by atoms with Crippen molar-refractivity contribution in [3.8, 4) is 0 Å². The van der Waals surface area contributed by atoms with Crippen molar-refractivity contribution in [3.05, 3.63) is 48.2 Å². The largest absolute Gasteiger partial charge is 0.389 e. The third kappa shape index (κ3) is 2.23. The van der Waals surface area contributed by atoms with E-state index < -0.39 is 6.10 Å². The third-order valence-electron chi connectivity index (χ3n) is 3.30. The summed E-state index contributed by atoms with van der Waals surface area (Å²) >= 11 is 0. The van der Waals surface area contributed by atoms with E-state index in [1.165, 1.54) is 0 Å². The Labute approximate surface area is 116 Å². The summed E-state index contributed by atoms with van der Waals surface area (Å²) in [5.41, 5.74) is 2.46. The summed E-state index contributed by atoms with van der Waals surface area (Å²) in [6.07, 6.45) is 1.09. The van der Waals surface area contributed by atoms with Gasteiger partial charge in [-0.25, -0.2) is 4.98 Å². The average molecular weight is 269 g/mol. The van der Waals surface area contributed by atoms with Gasteiger partial charge in [-0.1, -0.05) is 18.2 Å². The van der Waals surface area contributed by atoms with E-state index in [1.807, 2.05) is 41.3 Å². The number of nitrogens with zero attached hydrogens (tertiary/aromatic N) is 2. The van der Waals surface area contributed by atoms with Crippen molar-refractivity contribution in [1.82, 2.24) is 4.98 Å². The lowest BCUT2D eigenvalue weighted by Crippen LogP contribution is -2.35. The number of nitrogens with one attached hydrogen (secondary N) is 1. The van der Waals surface area contributed by atoms with E-state index in [2.05, 4.69) is 10.3 Å². The fraction of sp³-hybridized carbons (Fsp3) is 0.200. The monoisotopic (exact) mass is 269 g/mol. The van der Waals surface area contributed by atoms with E-state index in [0.29, 0.717) is 5.82 Å². The van der Waals surface area contributed by atoms with E-state index in [-0.39, 0.29) is 12.5 Å². The molecule has 1 aliphatic heterocycles. The molecular weight excluding hydrogens is 254 g/mol. The molecule has 0 radical (unpaired) electrons. The highest BCUT2D eigenvalue weighted by Crippen LogP contribution is 2.33. The Morgan fingerprint density at radius 2 is 2.10 bits per heavy atom. The van der Waals surface area contributed by atoms with E-state index in [9.17, 15) is 9.90 Å². The fourth-order valence-corrected chi connectivity index (χ4v) is 2.24. The first-order chi connectivity index (χ1) is 9.65. The second kappa shape index (κ2) is 4.94.